The van der Waals surface area contributed by atoms with Gasteiger partial charge in [0.25, 0.3) is 0 Å². The van der Waals surface area contributed by atoms with Gasteiger partial charge in [-0.25, -0.2) is 9.59 Å². The molecule has 0 bridgehead atoms. The van der Waals surface area contributed by atoms with Crippen molar-refractivity contribution in [2.24, 2.45) is 0 Å². The number of carbonyl (C=O) groups excluding carboxylic acids is 1. The van der Waals surface area contributed by atoms with E-state index in [1.807, 2.05) is 6.92 Å². The van der Waals surface area contributed by atoms with Gasteiger partial charge in [-0.2, -0.15) is 0 Å². The molecule has 0 radical (unpaired) electrons. The van der Waals surface area contributed by atoms with E-state index in [4.69, 9.17) is 5.11 Å². The fourth-order valence-corrected chi connectivity index (χ4v) is 2.21. The molecule has 0 unspecified atom stereocenters. The van der Waals surface area contributed by atoms with Crippen molar-refractivity contribution in [3.63, 3.8) is 0 Å². The molecule has 22 heavy (non-hydrogen) atoms. The fourth-order valence-electron chi connectivity index (χ4n) is 2.21. The van der Waals surface area contributed by atoms with Crippen LogP contribution in [-0.2, 0) is 4.79 Å². The number of hydrogen-bond donors (Lipinski definition) is 1. The number of carbonyl (C=O) groups is 2. The van der Waals surface area contributed by atoms with Crippen LogP contribution in [0.4, 0.5) is 4.79 Å². The number of carboxylic acids is 1. The summed E-state index contributed by atoms with van der Waals surface area (Å²) < 4.78 is 0. The van der Waals surface area contributed by atoms with Crippen molar-refractivity contribution in [1.29, 1.82) is 0 Å². The van der Waals surface area contributed by atoms with E-state index in [2.05, 4.69) is 37.3 Å². The minimum Gasteiger partial charge on any atom is -0.480 e. The van der Waals surface area contributed by atoms with Gasteiger partial charge in [-0.15, -0.1) is 0 Å². The molecule has 2 amide bonds. The Morgan fingerprint density at radius 1 is 1.23 bits per heavy atom. The third kappa shape index (κ3) is 6.51. The smallest absolute Gasteiger partial charge is 0.328 e. The minimum absolute atomic E-state index is 0.115. The average molecular weight is 306 g/mol. The molecule has 0 aromatic rings. The van der Waals surface area contributed by atoms with Gasteiger partial charge in [0, 0.05) is 13.1 Å². The number of urea groups is 1. The summed E-state index contributed by atoms with van der Waals surface area (Å²) in [6.45, 7) is 12.0. The number of nitrogens with zero attached hydrogens (tertiary/aromatic N) is 2. The number of amides is 2. The Morgan fingerprint density at radius 2 is 1.86 bits per heavy atom. The monoisotopic (exact) mass is 306 g/mol. The lowest BCUT2D eigenvalue weighted by atomic mass is 10.2. The topological polar surface area (TPSA) is 60.9 Å². The Morgan fingerprint density at radius 3 is 2.27 bits per heavy atom. The van der Waals surface area contributed by atoms with Gasteiger partial charge in [0.05, 0.1) is 6.54 Å². The van der Waals surface area contributed by atoms with Crippen LogP contribution < -0.4 is 0 Å². The second-order valence-electron chi connectivity index (χ2n) is 4.96. The Balaban J connectivity index is 0.000000763. The SMILES string of the molecule is C=C=C=C=C.CCCCCN1C[C@@H](C(=O)O)N(CCC)C1=O. The first kappa shape index (κ1) is 19.8. The normalized spacial score (nSPS) is 16.3. The first-order valence-corrected chi connectivity index (χ1v) is 7.60. The summed E-state index contributed by atoms with van der Waals surface area (Å²) >= 11 is 0. The number of rotatable bonds is 7. The first-order chi connectivity index (χ1) is 10.5. The van der Waals surface area contributed by atoms with Crippen LogP contribution in [0.15, 0.2) is 30.4 Å². The Bertz CT molecular complexity index is 458. The van der Waals surface area contributed by atoms with E-state index >= 15 is 0 Å². The summed E-state index contributed by atoms with van der Waals surface area (Å²) in [4.78, 5) is 26.2. The summed E-state index contributed by atoms with van der Waals surface area (Å²) in [6, 6.07) is -0.778. The quantitative estimate of drug-likeness (QED) is 0.581. The maximum absolute atomic E-state index is 12.0. The van der Waals surface area contributed by atoms with Gasteiger partial charge in [0.15, 0.2) is 0 Å². The Labute approximate surface area is 132 Å². The molecule has 1 rings (SSSR count). The van der Waals surface area contributed by atoms with Crippen LogP contribution in [-0.4, -0.2) is 52.6 Å². The molecule has 1 aliphatic heterocycles. The molecule has 0 spiro atoms. The van der Waals surface area contributed by atoms with E-state index in [1.54, 1.807) is 4.90 Å². The zero-order valence-electron chi connectivity index (χ0n) is 13.6. The van der Waals surface area contributed by atoms with Crippen molar-refractivity contribution in [2.45, 2.75) is 45.6 Å². The number of aliphatic carboxylic acids is 1. The lowest BCUT2D eigenvalue weighted by molar-refractivity contribution is -0.141. The van der Waals surface area contributed by atoms with Gasteiger partial charge in [-0.05, 0) is 31.7 Å². The van der Waals surface area contributed by atoms with Gasteiger partial charge in [-0.1, -0.05) is 38.2 Å². The van der Waals surface area contributed by atoms with Crippen molar-refractivity contribution < 1.29 is 14.7 Å². The standard InChI is InChI=1S/C12H22N2O3.C5H4/c1-3-5-6-8-13-9-10(11(15)16)14(7-4-2)12(13)17;1-3-5-4-2/h10H,3-9H2,1-2H3,(H,15,16);1-2H2/t10-;/m0./s1. The first-order valence-electron chi connectivity index (χ1n) is 7.60. The van der Waals surface area contributed by atoms with Crippen LogP contribution in [0.1, 0.15) is 39.5 Å². The molecule has 1 heterocycles. The molecule has 1 N–H and O–H groups in total. The molecular weight excluding hydrogens is 280 g/mol. The van der Waals surface area contributed by atoms with E-state index in [9.17, 15) is 9.59 Å². The lowest BCUT2D eigenvalue weighted by Crippen LogP contribution is -2.40. The van der Waals surface area contributed by atoms with Gasteiger partial charge in [-0.3, -0.25) is 0 Å². The van der Waals surface area contributed by atoms with Crippen LogP contribution >= 0.6 is 0 Å². The summed E-state index contributed by atoms with van der Waals surface area (Å²) in [7, 11) is 0. The highest BCUT2D eigenvalue weighted by Gasteiger charge is 2.40. The van der Waals surface area contributed by atoms with Crippen LogP contribution in [0.3, 0.4) is 0 Å². The van der Waals surface area contributed by atoms with E-state index in [1.165, 1.54) is 4.90 Å². The third-order valence-electron chi connectivity index (χ3n) is 3.24. The zero-order valence-corrected chi connectivity index (χ0v) is 13.6. The van der Waals surface area contributed by atoms with Crippen molar-refractivity contribution in [2.75, 3.05) is 19.6 Å². The number of hydrogen-bond acceptors (Lipinski definition) is 2. The number of carboxylic acid groups (broad SMARTS) is 1. The summed E-state index contributed by atoms with van der Waals surface area (Å²) in [5.41, 5.74) is 7.08. The molecule has 5 heteroatoms. The summed E-state index contributed by atoms with van der Waals surface area (Å²) in [5, 5.41) is 9.10. The van der Waals surface area contributed by atoms with Crippen molar-refractivity contribution in [3.05, 3.63) is 30.4 Å². The molecule has 0 aliphatic carbocycles. The molecule has 0 aromatic carbocycles. The van der Waals surface area contributed by atoms with Gasteiger partial charge in [0.1, 0.15) is 6.04 Å². The van der Waals surface area contributed by atoms with E-state index < -0.39 is 12.0 Å². The van der Waals surface area contributed by atoms with Crippen molar-refractivity contribution in [3.8, 4) is 0 Å². The summed E-state index contributed by atoms with van der Waals surface area (Å²) in [6.07, 6.45) is 3.92. The van der Waals surface area contributed by atoms with Crippen LogP contribution in [0.2, 0.25) is 0 Å². The van der Waals surface area contributed by atoms with Crippen molar-refractivity contribution in [1.82, 2.24) is 9.80 Å². The fraction of sp³-hybridized carbons (Fsp3) is 0.588. The second-order valence-corrected chi connectivity index (χ2v) is 4.96. The molecule has 0 aromatic heterocycles. The minimum atomic E-state index is -0.898. The Kier molecular flexibility index (Phi) is 10.3. The molecule has 1 aliphatic rings. The highest BCUT2D eigenvalue weighted by molar-refractivity contribution is 5.86. The van der Waals surface area contributed by atoms with Gasteiger partial charge >= 0.3 is 12.0 Å². The van der Waals surface area contributed by atoms with E-state index in [0.29, 0.717) is 19.6 Å². The molecule has 1 fully saturated rings. The van der Waals surface area contributed by atoms with Crippen LogP contribution in [0.5, 0.6) is 0 Å². The average Bonchev–Trinajstić information content (AvgIpc) is 2.79. The predicted octanol–water partition coefficient (Wildman–Crippen LogP) is 3.04. The van der Waals surface area contributed by atoms with Gasteiger partial charge in [0.2, 0.25) is 0 Å². The van der Waals surface area contributed by atoms with Crippen LogP contribution in [0, 0.1) is 0 Å². The third-order valence-corrected chi connectivity index (χ3v) is 3.24. The molecule has 1 atom stereocenters. The highest BCUT2D eigenvalue weighted by Crippen LogP contribution is 2.17. The van der Waals surface area contributed by atoms with E-state index in [-0.39, 0.29) is 6.03 Å². The molecular formula is C17H26N2O3. The maximum atomic E-state index is 12.0. The number of unbranched alkanes of at least 4 members (excludes halogenated alkanes) is 2. The lowest BCUT2D eigenvalue weighted by Gasteiger charge is -2.19. The predicted molar refractivity (Wildman–Crippen MR) is 86.7 cm³/mol. The summed E-state index contributed by atoms with van der Waals surface area (Å²) in [5.74, 6) is -0.898. The van der Waals surface area contributed by atoms with Crippen LogP contribution in [0.25, 0.3) is 0 Å². The van der Waals surface area contributed by atoms with Crippen molar-refractivity contribution >= 4 is 12.0 Å². The van der Waals surface area contributed by atoms with E-state index in [0.717, 1.165) is 25.7 Å². The molecule has 1 saturated heterocycles. The zero-order chi connectivity index (χ0) is 17.0. The largest absolute Gasteiger partial charge is 0.480 e. The molecule has 122 valence electrons. The Hall–Kier alpha value is -2.18. The maximum Gasteiger partial charge on any atom is 0.328 e. The second kappa shape index (κ2) is 11.5. The molecule has 5 nitrogen and oxygen atoms in total. The highest BCUT2D eigenvalue weighted by atomic mass is 16.4. The van der Waals surface area contributed by atoms with Gasteiger partial charge < -0.3 is 14.9 Å². The molecule has 0 saturated carbocycles.